The Hall–Kier alpha value is -3.37. The molecule has 2 aliphatic heterocycles. The van der Waals surface area contributed by atoms with Crippen molar-refractivity contribution in [2.24, 2.45) is 0 Å². The van der Waals surface area contributed by atoms with Crippen LogP contribution in [0.3, 0.4) is 0 Å². The van der Waals surface area contributed by atoms with Crippen molar-refractivity contribution in [2.75, 3.05) is 16.3 Å². The maximum absolute atomic E-state index is 13.7. The molecular formula is C26H21ClN2O2. The second-order valence-corrected chi connectivity index (χ2v) is 8.43. The Balaban J connectivity index is 1.71. The van der Waals surface area contributed by atoms with E-state index in [1.165, 1.54) is 10.5 Å². The van der Waals surface area contributed by atoms with Gasteiger partial charge >= 0.3 is 0 Å². The largest absolute Gasteiger partial charge is 0.336 e. The molecule has 3 aromatic rings. The molecule has 154 valence electrons. The normalized spacial score (nSPS) is 15.8. The fraction of sp³-hybridized carbons (Fsp3) is 0.154. The fourth-order valence-corrected chi connectivity index (χ4v) is 4.63. The van der Waals surface area contributed by atoms with Crippen LogP contribution in [0.25, 0.3) is 5.57 Å². The molecule has 0 atom stereocenters. The summed E-state index contributed by atoms with van der Waals surface area (Å²) in [6, 6.07) is 20.8. The van der Waals surface area contributed by atoms with Crippen molar-refractivity contribution in [2.45, 2.75) is 20.3 Å². The smallest absolute Gasteiger partial charge is 0.282 e. The molecule has 4 nitrogen and oxygen atoms in total. The maximum atomic E-state index is 13.7. The number of hydrogen-bond donors (Lipinski definition) is 0. The Labute approximate surface area is 186 Å². The summed E-state index contributed by atoms with van der Waals surface area (Å²) in [7, 11) is 0. The standard InChI is InChI=1S/C26H21ClN2O2/c1-16-7-12-21(17(2)15-16)23-24(28-14-13-18-5-3-4-6-22(18)28)26(31)29(25(23)30)20-10-8-19(27)9-11-20/h3-12,15H,13-14H2,1-2H3. The van der Waals surface area contributed by atoms with E-state index in [4.69, 9.17) is 11.6 Å². The summed E-state index contributed by atoms with van der Waals surface area (Å²) in [6.07, 6.45) is 0.836. The van der Waals surface area contributed by atoms with Gasteiger partial charge < -0.3 is 4.90 Å². The maximum Gasteiger partial charge on any atom is 0.282 e. The first-order valence-corrected chi connectivity index (χ1v) is 10.6. The number of benzene rings is 3. The van der Waals surface area contributed by atoms with E-state index in [2.05, 4.69) is 6.07 Å². The van der Waals surface area contributed by atoms with Crippen LogP contribution in [-0.4, -0.2) is 18.4 Å². The van der Waals surface area contributed by atoms with Gasteiger partial charge in [0.05, 0.1) is 11.3 Å². The van der Waals surface area contributed by atoms with E-state index >= 15 is 0 Å². The molecule has 0 aromatic heterocycles. The van der Waals surface area contributed by atoms with Crippen LogP contribution in [-0.2, 0) is 16.0 Å². The number of para-hydroxylation sites is 1. The predicted octanol–water partition coefficient (Wildman–Crippen LogP) is 5.30. The number of rotatable bonds is 3. The number of aryl methyl sites for hydroxylation is 2. The second-order valence-electron chi connectivity index (χ2n) is 7.99. The molecule has 0 radical (unpaired) electrons. The van der Waals surface area contributed by atoms with E-state index in [1.54, 1.807) is 24.3 Å². The average Bonchev–Trinajstić information content (AvgIpc) is 3.27. The molecule has 31 heavy (non-hydrogen) atoms. The molecule has 2 aliphatic rings. The summed E-state index contributed by atoms with van der Waals surface area (Å²) in [5, 5.41) is 0.555. The van der Waals surface area contributed by atoms with Crippen molar-refractivity contribution in [3.05, 3.63) is 99.7 Å². The van der Waals surface area contributed by atoms with Gasteiger partial charge in [-0.05, 0) is 67.3 Å². The molecular weight excluding hydrogens is 408 g/mol. The number of carbonyl (C=O) groups excluding carboxylic acids is 2. The Morgan fingerprint density at radius 1 is 0.871 bits per heavy atom. The quantitative estimate of drug-likeness (QED) is 0.531. The van der Waals surface area contributed by atoms with E-state index < -0.39 is 0 Å². The summed E-state index contributed by atoms with van der Waals surface area (Å²) in [5.41, 5.74) is 6.45. The Bertz CT molecular complexity index is 1260. The lowest BCUT2D eigenvalue weighted by molar-refractivity contribution is -0.120. The molecule has 0 fully saturated rings. The first-order valence-electron chi connectivity index (χ1n) is 10.3. The molecule has 0 bridgehead atoms. The van der Waals surface area contributed by atoms with Crippen LogP contribution in [0.1, 0.15) is 22.3 Å². The SMILES string of the molecule is Cc1ccc(C2=C(N3CCc4ccccc43)C(=O)N(c3ccc(Cl)cc3)C2=O)c(C)c1. The Morgan fingerprint density at radius 3 is 2.35 bits per heavy atom. The van der Waals surface area contributed by atoms with Crippen molar-refractivity contribution < 1.29 is 9.59 Å². The molecule has 0 saturated carbocycles. The third-order valence-corrected chi connectivity index (χ3v) is 6.20. The summed E-state index contributed by atoms with van der Waals surface area (Å²) in [5.74, 6) is -0.613. The van der Waals surface area contributed by atoms with Crippen LogP contribution in [0.2, 0.25) is 5.02 Å². The summed E-state index contributed by atoms with van der Waals surface area (Å²) in [4.78, 5) is 30.7. The average molecular weight is 429 g/mol. The molecule has 0 spiro atoms. The van der Waals surface area contributed by atoms with Crippen LogP contribution in [0.15, 0.2) is 72.4 Å². The van der Waals surface area contributed by atoms with Gasteiger partial charge in [-0.25, -0.2) is 4.90 Å². The molecule has 5 rings (SSSR count). The Kier molecular flexibility index (Phi) is 4.67. The van der Waals surface area contributed by atoms with E-state index in [0.717, 1.165) is 28.8 Å². The molecule has 3 aromatic carbocycles. The zero-order chi connectivity index (χ0) is 21.7. The van der Waals surface area contributed by atoms with Crippen LogP contribution in [0.5, 0.6) is 0 Å². The molecule has 2 heterocycles. The molecule has 0 saturated heterocycles. The van der Waals surface area contributed by atoms with Gasteiger partial charge in [0.1, 0.15) is 5.70 Å². The highest BCUT2D eigenvalue weighted by Gasteiger charge is 2.44. The van der Waals surface area contributed by atoms with Gasteiger partial charge in [-0.3, -0.25) is 9.59 Å². The van der Waals surface area contributed by atoms with E-state index in [9.17, 15) is 9.59 Å². The van der Waals surface area contributed by atoms with Crippen LogP contribution >= 0.6 is 11.6 Å². The highest BCUT2D eigenvalue weighted by Crippen LogP contribution is 2.40. The number of nitrogens with zero attached hydrogens (tertiary/aromatic N) is 2. The third-order valence-electron chi connectivity index (χ3n) is 5.95. The number of halogens is 1. The summed E-state index contributed by atoms with van der Waals surface area (Å²) < 4.78 is 0. The lowest BCUT2D eigenvalue weighted by Gasteiger charge is -2.22. The van der Waals surface area contributed by atoms with E-state index in [-0.39, 0.29) is 11.8 Å². The lowest BCUT2D eigenvalue weighted by atomic mass is 9.97. The number of imide groups is 1. The molecule has 0 aliphatic carbocycles. The van der Waals surface area contributed by atoms with Crippen molar-refractivity contribution in [3.63, 3.8) is 0 Å². The topological polar surface area (TPSA) is 40.6 Å². The monoisotopic (exact) mass is 428 g/mol. The van der Waals surface area contributed by atoms with Gasteiger partial charge in [0.25, 0.3) is 11.8 Å². The first-order chi connectivity index (χ1) is 15.0. The Morgan fingerprint density at radius 2 is 1.61 bits per heavy atom. The van der Waals surface area contributed by atoms with Crippen molar-refractivity contribution in [1.29, 1.82) is 0 Å². The van der Waals surface area contributed by atoms with Gasteiger partial charge in [-0.1, -0.05) is 53.6 Å². The number of hydrogen-bond acceptors (Lipinski definition) is 3. The minimum atomic E-state index is -0.307. The molecule has 0 unspecified atom stereocenters. The van der Waals surface area contributed by atoms with Gasteiger partial charge in [0.15, 0.2) is 0 Å². The van der Waals surface area contributed by atoms with Gasteiger partial charge in [-0.2, -0.15) is 0 Å². The summed E-state index contributed by atoms with van der Waals surface area (Å²) in [6.45, 7) is 4.66. The molecule has 2 amide bonds. The highest BCUT2D eigenvalue weighted by atomic mass is 35.5. The molecule has 5 heteroatoms. The van der Waals surface area contributed by atoms with Crippen molar-refractivity contribution >= 4 is 40.4 Å². The van der Waals surface area contributed by atoms with Gasteiger partial charge in [0.2, 0.25) is 0 Å². The van der Waals surface area contributed by atoms with Crippen molar-refractivity contribution in [1.82, 2.24) is 0 Å². The third kappa shape index (κ3) is 3.15. The number of amides is 2. The second kappa shape index (κ2) is 7.40. The predicted molar refractivity (Wildman–Crippen MR) is 124 cm³/mol. The fourth-order valence-electron chi connectivity index (χ4n) is 4.50. The van der Waals surface area contributed by atoms with Crippen molar-refractivity contribution in [3.8, 4) is 0 Å². The minimum Gasteiger partial charge on any atom is -0.336 e. The summed E-state index contributed by atoms with van der Waals surface area (Å²) >= 11 is 6.03. The molecule has 0 N–H and O–H groups in total. The minimum absolute atomic E-state index is 0.306. The van der Waals surface area contributed by atoms with Crippen LogP contribution in [0, 0.1) is 13.8 Å². The van der Waals surface area contributed by atoms with Gasteiger partial charge in [-0.15, -0.1) is 0 Å². The van der Waals surface area contributed by atoms with Crippen LogP contribution in [0.4, 0.5) is 11.4 Å². The number of carbonyl (C=O) groups is 2. The van der Waals surface area contributed by atoms with Gasteiger partial charge in [0, 0.05) is 17.3 Å². The zero-order valence-corrected chi connectivity index (χ0v) is 18.1. The first kappa shape index (κ1) is 19.6. The van der Waals surface area contributed by atoms with E-state index in [0.29, 0.717) is 28.5 Å². The van der Waals surface area contributed by atoms with E-state index in [1.807, 2.05) is 55.1 Å². The zero-order valence-electron chi connectivity index (χ0n) is 17.4. The highest BCUT2D eigenvalue weighted by molar-refractivity contribution is 6.46. The number of anilines is 2. The van der Waals surface area contributed by atoms with Crippen LogP contribution < -0.4 is 9.80 Å². The number of fused-ring (bicyclic) bond motifs is 1. The lowest BCUT2D eigenvalue weighted by Crippen LogP contribution is -2.34.